The van der Waals surface area contributed by atoms with Gasteiger partial charge in [0.25, 0.3) is 0 Å². The van der Waals surface area contributed by atoms with E-state index in [2.05, 4.69) is 50.0 Å². The molecule has 0 atom stereocenters. The summed E-state index contributed by atoms with van der Waals surface area (Å²) in [6.45, 7) is 11.8. The molecule has 2 heteroatoms. The van der Waals surface area contributed by atoms with Gasteiger partial charge in [-0.3, -0.25) is 4.98 Å². The van der Waals surface area contributed by atoms with Gasteiger partial charge < -0.3 is 4.90 Å². The minimum absolute atomic E-state index is 0.280. The van der Waals surface area contributed by atoms with Crippen molar-refractivity contribution in [2.24, 2.45) is 0 Å². The van der Waals surface area contributed by atoms with Gasteiger partial charge in [-0.2, -0.15) is 0 Å². The van der Waals surface area contributed by atoms with Crippen LogP contribution < -0.4 is 4.90 Å². The van der Waals surface area contributed by atoms with Crippen LogP contribution in [0.25, 0.3) is 0 Å². The monoisotopic (exact) mass is 230 g/mol. The highest BCUT2D eigenvalue weighted by Crippen LogP contribution is 2.47. The van der Waals surface area contributed by atoms with Crippen LogP contribution in [0.1, 0.15) is 51.7 Å². The summed E-state index contributed by atoms with van der Waals surface area (Å²) >= 11 is 0. The molecule has 3 rings (SSSR count). The molecule has 2 aliphatic rings. The molecule has 0 unspecified atom stereocenters. The maximum atomic E-state index is 4.50. The Morgan fingerprint density at radius 1 is 0.941 bits per heavy atom. The summed E-state index contributed by atoms with van der Waals surface area (Å²) in [7, 11) is 0. The van der Waals surface area contributed by atoms with Gasteiger partial charge in [0.2, 0.25) is 0 Å². The molecule has 2 aliphatic heterocycles. The van der Waals surface area contributed by atoms with Crippen LogP contribution in [0.3, 0.4) is 0 Å². The van der Waals surface area contributed by atoms with Crippen LogP contribution in [0.4, 0.5) is 5.69 Å². The van der Waals surface area contributed by atoms with E-state index in [0.717, 1.165) is 0 Å². The quantitative estimate of drug-likeness (QED) is 0.680. The normalized spacial score (nSPS) is 24.4. The third-order valence-corrected chi connectivity index (χ3v) is 4.71. The Morgan fingerprint density at radius 3 is 1.88 bits per heavy atom. The van der Waals surface area contributed by atoms with E-state index in [1.54, 1.807) is 0 Å². The summed E-state index contributed by atoms with van der Waals surface area (Å²) in [6.07, 6.45) is 6.66. The fourth-order valence-corrected chi connectivity index (χ4v) is 3.22. The van der Waals surface area contributed by atoms with Crippen molar-refractivity contribution < 1.29 is 0 Å². The van der Waals surface area contributed by atoms with Gasteiger partial charge in [-0.1, -0.05) is 27.7 Å². The number of rotatable bonds is 0. The average Bonchev–Trinajstić information content (AvgIpc) is 2.27. The molecule has 0 saturated heterocycles. The number of aromatic nitrogens is 1. The topological polar surface area (TPSA) is 16.1 Å². The molecule has 17 heavy (non-hydrogen) atoms. The van der Waals surface area contributed by atoms with Gasteiger partial charge in [0, 0.05) is 31.2 Å². The van der Waals surface area contributed by atoms with Crippen molar-refractivity contribution in [1.82, 2.24) is 4.98 Å². The second kappa shape index (κ2) is 3.24. The third kappa shape index (κ3) is 1.50. The molecule has 0 aromatic carbocycles. The molecule has 92 valence electrons. The van der Waals surface area contributed by atoms with Crippen molar-refractivity contribution in [1.29, 1.82) is 0 Å². The number of nitrogens with zero attached hydrogens (tertiary/aromatic N) is 2. The van der Waals surface area contributed by atoms with Crippen molar-refractivity contribution in [2.75, 3.05) is 18.0 Å². The third-order valence-electron chi connectivity index (χ3n) is 4.71. The number of pyridine rings is 1. The molecule has 0 saturated carbocycles. The predicted molar refractivity (Wildman–Crippen MR) is 71.7 cm³/mol. The largest absolute Gasteiger partial charge is 0.371 e. The fraction of sp³-hybridized carbons (Fsp3) is 0.667. The van der Waals surface area contributed by atoms with E-state index < -0.39 is 0 Å². The zero-order valence-electron chi connectivity index (χ0n) is 11.4. The highest BCUT2D eigenvalue weighted by atomic mass is 15.2. The number of hydrogen-bond donors (Lipinski definition) is 0. The van der Waals surface area contributed by atoms with E-state index in [1.165, 1.54) is 42.7 Å². The fourth-order valence-electron chi connectivity index (χ4n) is 3.22. The molecule has 1 aromatic rings. The van der Waals surface area contributed by atoms with Gasteiger partial charge in [-0.15, -0.1) is 0 Å². The summed E-state index contributed by atoms with van der Waals surface area (Å²) in [5.41, 5.74) is 4.96. The van der Waals surface area contributed by atoms with Crippen LogP contribution in [0.15, 0.2) is 12.4 Å². The summed E-state index contributed by atoms with van der Waals surface area (Å²) in [4.78, 5) is 7.07. The minimum atomic E-state index is 0.280. The Labute approximate surface area is 104 Å². The van der Waals surface area contributed by atoms with Crippen LogP contribution in [-0.4, -0.2) is 18.1 Å². The number of hydrogen-bond acceptors (Lipinski definition) is 2. The first kappa shape index (κ1) is 11.1. The summed E-state index contributed by atoms with van der Waals surface area (Å²) < 4.78 is 0. The molecular formula is C15H22N2. The van der Waals surface area contributed by atoms with E-state index >= 15 is 0 Å². The van der Waals surface area contributed by atoms with Gasteiger partial charge in [0.15, 0.2) is 0 Å². The summed E-state index contributed by atoms with van der Waals surface area (Å²) in [5.74, 6) is 0. The molecule has 0 N–H and O–H groups in total. The lowest BCUT2D eigenvalue weighted by Gasteiger charge is -2.47. The Hall–Kier alpha value is -1.05. The second-order valence-electron chi connectivity index (χ2n) is 6.84. The van der Waals surface area contributed by atoms with Crippen LogP contribution >= 0.6 is 0 Å². The Balaban J connectivity index is 2.26. The molecule has 0 spiro atoms. The standard InChI is InChI=1S/C15H22N2/c1-14(2)5-7-17-8-6-15(3,4)12-10-16-9-11(14)13(12)17/h9-10H,5-8H2,1-4H3. The van der Waals surface area contributed by atoms with Crippen LogP contribution in [0, 0.1) is 0 Å². The highest BCUT2D eigenvalue weighted by molar-refractivity contribution is 5.66. The van der Waals surface area contributed by atoms with E-state index in [4.69, 9.17) is 0 Å². The lowest BCUT2D eigenvalue weighted by Crippen LogP contribution is -2.44. The van der Waals surface area contributed by atoms with E-state index in [-0.39, 0.29) is 10.8 Å². The highest BCUT2D eigenvalue weighted by Gasteiger charge is 2.39. The van der Waals surface area contributed by atoms with Gasteiger partial charge in [0.05, 0.1) is 0 Å². The lowest BCUT2D eigenvalue weighted by molar-refractivity contribution is 0.399. The molecule has 2 nitrogen and oxygen atoms in total. The first-order valence-corrected chi connectivity index (χ1v) is 6.66. The van der Waals surface area contributed by atoms with E-state index in [1.807, 2.05) is 0 Å². The van der Waals surface area contributed by atoms with Crippen LogP contribution in [-0.2, 0) is 10.8 Å². The van der Waals surface area contributed by atoms with Gasteiger partial charge in [-0.25, -0.2) is 0 Å². The summed E-state index contributed by atoms with van der Waals surface area (Å²) in [5, 5.41) is 0. The van der Waals surface area contributed by atoms with Crippen molar-refractivity contribution in [3.63, 3.8) is 0 Å². The van der Waals surface area contributed by atoms with Crippen molar-refractivity contribution >= 4 is 5.69 Å². The second-order valence-corrected chi connectivity index (χ2v) is 6.84. The van der Waals surface area contributed by atoms with E-state index in [0.29, 0.717) is 0 Å². The van der Waals surface area contributed by atoms with Crippen molar-refractivity contribution in [2.45, 2.75) is 51.4 Å². The Bertz CT molecular complexity index is 422. The van der Waals surface area contributed by atoms with Crippen LogP contribution in [0.5, 0.6) is 0 Å². The smallest absolute Gasteiger partial charge is 0.0473 e. The van der Waals surface area contributed by atoms with Crippen molar-refractivity contribution in [3.8, 4) is 0 Å². The molecule has 0 amide bonds. The number of anilines is 1. The van der Waals surface area contributed by atoms with E-state index in [9.17, 15) is 0 Å². The first-order chi connectivity index (χ1) is 7.92. The molecule has 0 radical (unpaired) electrons. The van der Waals surface area contributed by atoms with Gasteiger partial charge in [-0.05, 0) is 34.8 Å². The average molecular weight is 230 g/mol. The SMILES string of the molecule is CC1(C)CCN2CCC(C)(C)c3cncc1c32. The molecule has 0 aliphatic carbocycles. The van der Waals surface area contributed by atoms with Crippen molar-refractivity contribution in [3.05, 3.63) is 23.5 Å². The zero-order chi connectivity index (χ0) is 12.3. The minimum Gasteiger partial charge on any atom is -0.371 e. The van der Waals surface area contributed by atoms with Gasteiger partial charge in [0.1, 0.15) is 0 Å². The molecule has 0 fully saturated rings. The first-order valence-electron chi connectivity index (χ1n) is 6.66. The zero-order valence-corrected chi connectivity index (χ0v) is 11.4. The molecule has 0 bridgehead atoms. The predicted octanol–water partition coefficient (Wildman–Crippen LogP) is 3.25. The summed E-state index contributed by atoms with van der Waals surface area (Å²) in [6, 6.07) is 0. The van der Waals surface area contributed by atoms with Gasteiger partial charge >= 0.3 is 0 Å². The molecular weight excluding hydrogens is 208 g/mol. The Kier molecular flexibility index (Phi) is 2.11. The maximum Gasteiger partial charge on any atom is 0.0473 e. The van der Waals surface area contributed by atoms with Crippen LogP contribution in [0.2, 0.25) is 0 Å². The molecule has 3 heterocycles. The Morgan fingerprint density at radius 2 is 1.41 bits per heavy atom. The molecule has 1 aromatic heterocycles. The lowest BCUT2D eigenvalue weighted by atomic mass is 9.71. The maximum absolute atomic E-state index is 4.50.